The zero-order valence-corrected chi connectivity index (χ0v) is 18.4. The molecular weight excluding hydrogens is 384 g/mol. The van der Waals surface area contributed by atoms with E-state index in [9.17, 15) is 4.79 Å². The van der Waals surface area contributed by atoms with Gasteiger partial charge in [-0.3, -0.25) is 9.69 Å². The van der Waals surface area contributed by atoms with E-state index in [0.29, 0.717) is 18.9 Å². The molecule has 0 spiro atoms. The number of likely N-dealkylation sites (tertiary alicyclic amines) is 1. The number of carbonyl (C=O) groups excluding carboxylic acids is 1. The number of hydrogen-bond acceptors (Lipinski definition) is 3. The molecule has 4 heteroatoms. The molecule has 4 nitrogen and oxygen atoms in total. The molecule has 164 valence electrons. The summed E-state index contributed by atoms with van der Waals surface area (Å²) in [5.41, 5.74) is 7.18. The first-order valence-electron chi connectivity index (χ1n) is 12.1. The van der Waals surface area contributed by atoms with Crippen LogP contribution >= 0.6 is 0 Å². The van der Waals surface area contributed by atoms with Crippen LogP contribution in [0.2, 0.25) is 0 Å². The Kier molecular flexibility index (Phi) is 6.37. The lowest BCUT2D eigenvalue weighted by atomic mass is 9.91. The summed E-state index contributed by atoms with van der Waals surface area (Å²) in [6.07, 6.45) is 7.58. The topological polar surface area (TPSA) is 41.6 Å². The van der Waals surface area contributed by atoms with Crippen LogP contribution in [0.5, 0.6) is 0 Å². The molecular formula is C27H34N2O2. The maximum Gasteiger partial charge on any atom is 0.220 e. The number of rotatable bonds is 7. The average Bonchev–Trinajstić information content (AvgIpc) is 3.44. The highest BCUT2D eigenvalue weighted by Gasteiger charge is 2.22. The van der Waals surface area contributed by atoms with Crippen molar-refractivity contribution >= 4 is 5.91 Å². The SMILES string of the molecule is O=C(CCC1CCN(Cc2ccc3c(c2)Cc2ccccc2-3)CC1)NC[C@H]1CCCO1. The Labute approximate surface area is 186 Å². The van der Waals surface area contributed by atoms with Crippen LogP contribution in [0.15, 0.2) is 42.5 Å². The Morgan fingerprint density at radius 3 is 2.71 bits per heavy atom. The molecule has 0 aromatic heterocycles. The minimum absolute atomic E-state index is 0.192. The van der Waals surface area contributed by atoms with Gasteiger partial charge in [0.05, 0.1) is 6.10 Å². The number of ether oxygens (including phenoxy) is 1. The zero-order valence-electron chi connectivity index (χ0n) is 18.4. The number of fused-ring (bicyclic) bond motifs is 3. The molecule has 2 saturated heterocycles. The number of nitrogens with zero attached hydrogens (tertiary/aromatic N) is 1. The molecule has 1 atom stereocenters. The number of carbonyl (C=O) groups is 1. The van der Waals surface area contributed by atoms with Crippen LogP contribution in [0.4, 0.5) is 0 Å². The van der Waals surface area contributed by atoms with Gasteiger partial charge in [0, 0.05) is 26.1 Å². The molecule has 2 aliphatic heterocycles. The van der Waals surface area contributed by atoms with Crippen molar-refractivity contribution in [2.75, 3.05) is 26.2 Å². The maximum absolute atomic E-state index is 12.1. The van der Waals surface area contributed by atoms with Gasteiger partial charge in [-0.25, -0.2) is 0 Å². The van der Waals surface area contributed by atoms with Crippen LogP contribution in [-0.2, 0) is 22.5 Å². The molecule has 1 aliphatic carbocycles. The lowest BCUT2D eigenvalue weighted by molar-refractivity contribution is -0.122. The van der Waals surface area contributed by atoms with E-state index >= 15 is 0 Å². The Morgan fingerprint density at radius 1 is 1.03 bits per heavy atom. The molecule has 31 heavy (non-hydrogen) atoms. The smallest absolute Gasteiger partial charge is 0.220 e. The Hall–Kier alpha value is -2.17. The first kappa shape index (κ1) is 20.7. The lowest BCUT2D eigenvalue weighted by Gasteiger charge is -2.32. The molecule has 0 bridgehead atoms. The molecule has 0 saturated carbocycles. The summed E-state index contributed by atoms with van der Waals surface area (Å²) < 4.78 is 5.58. The Bertz CT molecular complexity index is 911. The molecule has 0 radical (unpaired) electrons. The molecule has 2 aromatic carbocycles. The normalized spacial score (nSPS) is 21.1. The maximum atomic E-state index is 12.1. The van der Waals surface area contributed by atoms with Gasteiger partial charge in [0.2, 0.25) is 5.91 Å². The fourth-order valence-corrected chi connectivity index (χ4v) is 5.44. The van der Waals surface area contributed by atoms with Crippen LogP contribution in [0.25, 0.3) is 11.1 Å². The van der Waals surface area contributed by atoms with Crippen LogP contribution < -0.4 is 5.32 Å². The second kappa shape index (κ2) is 9.54. The van der Waals surface area contributed by atoms with E-state index in [0.717, 1.165) is 51.9 Å². The number of benzene rings is 2. The summed E-state index contributed by atoms with van der Waals surface area (Å²) >= 11 is 0. The second-order valence-corrected chi connectivity index (χ2v) is 9.52. The highest BCUT2D eigenvalue weighted by Crippen LogP contribution is 2.37. The predicted octanol–water partition coefficient (Wildman–Crippen LogP) is 4.55. The summed E-state index contributed by atoms with van der Waals surface area (Å²) in [4.78, 5) is 14.7. The Morgan fingerprint density at radius 2 is 1.87 bits per heavy atom. The van der Waals surface area contributed by atoms with E-state index in [4.69, 9.17) is 4.74 Å². The van der Waals surface area contributed by atoms with E-state index in [1.54, 1.807) is 0 Å². The van der Waals surface area contributed by atoms with Crippen LogP contribution in [0.1, 0.15) is 55.2 Å². The quantitative estimate of drug-likeness (QED) is 0.612. The molecule has 1 N–H and O–H groups in total. The van der Waals surface area contributed by atoms with Crippen molar-refractivity contribution in [1.29, 1.82) is 0 Å². The fraction of sp³-hybridized carbons (Fsp3) is 0.519. The molecule has 2 fully saturated rings. The highest BCUT2D eigenvalue weighted by atomic mass is 16.5. The standard InChI is InChI=1S/C27H34N2O2/c30-27(28-18-24-5-3-15-31-24)10-8-20-11-13-29(14-12-20)19-21-7-9-26-23(16-21)17-22-4-1-2-6-25(22)26/h1-2,4,6-7,9,16,20,24H,3,5,8,10-15,17-19H2,(H,28,30)/t24-/m1/s1. The van der Waals surface area contributed by atoms with E-state index < -0.39 is 0 Å². The van der Waals surface area contributed by atoms with Crippen molar-refractivity contribution < 1.29 is 9.53 Å². The van der Waals surface area contributed by atoms with Gasteiger partial charge in [-0.2, -0.15) is 0 Å². The van der Waals surface area contributed by atoms with E-state index in [2.05, 4.69) is 52.7 Å². The minimum Gasteiger partial charge on any atom is -0.376 e. The van der Waals surface area contributed by atoms with Crippen molar-refractivity contribution in [3.05, 3.63) is 59.2 Å². The van der Waals surface area contributed by atoms with E-state index in [-0.39, 0.29) is 12.0 Å². The number of hydrogen-bond donors (Lipinski definition) is 1. The third-order valence-electron chi connectivity index (χ3n) is 7.30. The molecule has 3 aliphatic rings. The summed E-state index contributed by atoms with van der Waals surface area (Å²) in [6.45, 7) is 4.85. The molecule has 1 amide bonds. The Balaban J connectivity index is 1.05. The fourth-order valence-electron chi connectivity index (χ4n) is 5.44. The first-order valence-corrected chi connectivity index (χ1v) is 12.1. The second-order valence-electron chi connectivity index (χ2n) is 9.52. The van der Waals surface area contributed by atoms with E-state index in [1.807, 2.05) is 0 Å². The van der Waals surface area contributed by atoms with Gasteiger partial charge in [-0.05, 0) is 85.3 Å². The summed E-state index contributed by atoms with van der Waals surface area (Å²) in [6, 6.07) is 15.8. The van der Waals surface area contributed by atoms with Gasteiger partial charge >= 0.3 is 0 Å². The number of piperidine rings is 1. The molecule has 2 heterocycles. The summed E-state index contributed by atoms with van der Waals surface area (Å²) in [5.74, 6) is 0.872. The lowest BCUT2D eigenvalue weighted by Crippen LogP contribution is -2.34. The predicted molar refractivity (Wildman–Crippen MR) is 124 cm³/mol. The van der Waals surface area contributed by atoms with Gasteiger partial charge in [-0.1, -0.05) is 42.5 Å². The largest absolute Gasteiger partial charge is 0.376 e. The average molecular weight is 419 g/mol. The minimum atomic E-state index is 0.192. The highest BCUT2D eigenvalue weighted by molar-refractivity contribution is 5.77. The van der Waals surface area contributed by atoms with Crippen LogP contribution in [-0.4, -0.2) is 43.2 Å². The number of nitrogens with one attached hydrogen (secondary N) is 1. The van der Waals surface area contributed by atoms with Gasteiger partial charge in [0.1, 0.15) is 0 Å². The first-order chi connectivity index (χ1) is 15.2. The number of amides is 1. The summed E-state index contributed by atoms with van der Waals surface area (Å²) in [7, 11) is 0. The van der Waals surface area contributed by atoms with Crippen molar-refractivity contribution in [3.8, 4) is 11.1 Å². The van der Waals surface area contributed by atoms with Gasteiger partial charge in [0.25, 0.3) is 0 Å². The monoisotopic (exact) mass is 418 g/mol. The third kappa shape index (κ3) is 5.02. The van der Waals surface area contributed by atoms with E-state index in [1.165, 1.54) is 40.7 Å². The van der Waals surface area contributed by atoms with Crippen molar-refractivity contribution in [2.45, 2.75) is 57.6 Å². The zero-order chi connectivity index (χ0) is 21.0. The van der Waals surface area contributed by atoms with Gasteiger partial charge in [0.15, 0.2) is 0 Å². The molecule has 5 rings (SSSR count). The molecule has 0 unspecified atom stereocenters. The summed E-state index contributed by atoms with van der Waals surface area (Å²) in [5, 5.41) is 3.06. The molecule has 2 aromatic rings. The van der Waals surface area contributed by atoms with Crippen molar-refractivity contribution in [3.63, 3.8) is 0 Å². The van der Waals surface area contributed by atoms with Crippen molar-refractivity contribution in [1.82, 2.24) is 10.2 Å². The van der Waals surface area contributed by atoms with Crippen molar-refractivity contribution in [2.24, 2.45) is 5.92 Å². The van der Waals surface area contributed by atoms with Gasteiger partial charge in [-0.15, -0.1) is 0 Å². The van der Waals surface area contributed by atoms with Crippen LogP contribution in [0, 0.1) is 5.92 Å². The van der Waals surface area contributed by atoms with Gasteiger partial charge < -0.3 is 10.1 Å². The third-order valence-corrected chi connectivity index (χ3v) is 7.30. The van der Waals surface area contributed by atoms with Crippen LogP contribution in [0.3, 0.4) is 0 Å².